The lowest BCUT2D eigenvalue weighted by Gasteiger charge is -2.10. The molecule has 0 aliphatic heterocycles. The van der Waals surface area contributed by atoms with Gasteiger partial charge in [0.2, 0.25) is 5.91 Å². The van der Waals surface area contributed by atoms with E-state index in [2.05, 4.69) is 42.7 Å². The van der Waals surface area contributed by atoms with E-state index in [1.54, 1.807) is 24.3 Å². The molecule has 0 spiro atoms. The Kier molecular flexibility index (Phi) is 6.96. The fourth-order valence-electron chi connectivity index (χ4n) is 3.26. The molecule has 0 aromatic heterocycles. The normalized spacial score (nSPS) is 10.5. The topological polar surface area (TPSA) is 58.2 Å². The standard InChI is InChI=1S/C25H25FN2O2/c1-17-9-10-20(18(2)13-17)11-12-24(29)27-16-19-5-3-8-23(14-19)28-25(30)21-6-4-7-22(26)15-21/h3-10,13-15H,11-12,16H2,1-2H3,(H,27,29)(H,28,30). The van der Waals surface area contributed by atoms with Crippen LogP contribution in [0.15, 0.2) is 66.7 Å². The van der Waals surface area contributed by atoms with Crippen molar-refractivity contribution in [3.05, 3.63) is 100 Å². The smallest absolute Gasteiger partial charge is 0.255 e. The van der Waals surface area contributed by atoms with Crippen molar-refractivity contribution in [1.29, 1.82) is 0 Å². The first-order chi connectivity index (χ1) is 14.4. The zero-order chi connectivity index (χ0) is 21.5. The molecule has 4 nitrogen and oxygen atoms in total. The number of anilines is 1. The third kappa shape index (κ3) is 6.01. The maximum absolute atomic E-state index is 13.3. The van der Waals surface area contributed by atoms with Gasteiger partial charge >= 0.3 is 0 Å². The maximum atomic E-state index is 13.3. The van der Waals surface area contributed by atoms with Gasteiger partial charge in [-0.2, -0.15) is 0 Å². The van der Waals surface area contributed by atoms with Crippen molar-refractivity contribution in [2.45, 2.75) is 33.2 Å². The molecule has 3 aromatic carbocycles. The number of carbonyl (C=O) groups excluding carboxylic acids is 2. The van der Waals surface area contributed by atoms with Gasteiger partial charge in [0.05, 0.1) is 0 Å². The van der Waals surface area contributed by atoms with Crippen LogP contribution in [-0.2, 0) is 17.8 Å². The van der Waals surface area contributed by atoms with Gasteiger partial charge in [-0.05, 0) is 67.3 Å². The van der Waals surface area contributed by atoms with Gasteiger partial charge in [-0.1, -0.05) is 42.0 Å². The summed E-state index contributed by atoms with van der Waals surface area (Å²) in [6.45, 7) is 4.48. The van der Waals surface area contributed by atoms with Crippen LogP contribution in [-0.4, -0.2) is 11.8 Å². The van der Waals surface area contributed by atoms with Gasteiger partial charge < -0.3 is 10.6 Å². The van der Waals surface area contributed by atoms with E-state index in [1.165, 1.54) is 34.9 Å². The molecule has 0 saturated heterocycles. The highest BCUT2D eigenvalue weighted by Gasteiger charge is 2.08. The highest BCUT2D eigenvalue weighted by molar-refractivity contribution is 6.04. The Balaban J connectivity index is 1.52. The quantitative estimate of drug-likeness (QED) is 0.586. The fraction of sp³-hybridized carbons (Fsp3) is 0.200. The molecular weight excluding hydrogens is 379 g/mol. The Hall–Kier alpha value is -3.47. The lowest BCUT2D eigenvalue weighted by Crippen LogP contribution is -2.23. The largest absolute Gasteiger partial charge is 0.352 e. The average Bonchev–Trinajstić information content (AvgIpc) is 2.72. The molecule has 0 aliphatic rings. The highest BCUT2D eigenvalue weighted by atomic mass is 19.1. The van der Waals surface area contributed by atoms with Gasteiger partial charge in [-0.25, -0.2) is 4.39 Å². The number of halogens is 1. The molecule has 5 heteroatoms. The van der Waals surface area contributed by atoms with E-state index >= 15 is 0 Å². The van der Waals surface area contributed by atoms with E-state index in [9.17, 15) is 14.0 Å². The number of benzene rings is 3. The van der Waals surface area contributed by atoms with Crippen LogP contribution < -0.4 is 10.6 Å². The van der Waals surface area contributed by atoms with Gasteiger partial charge in [0.15, 0.2) is 0 Å². The SMILES string of the molecule is Cc1ccc(CCC(=O)NCc2cccc(NC(=O)c3cccc(F)c3)c2)c(C)c1. The van der Waals surface area contributed by atoms with E-state index in [0.29, 0.717) is 25.1 Å². The van der Waals surface area contributed by atoms with E-state index in [4.69, 9.17) is 0 Å². The fourth-order valence-corrected chi connectivity index (χ4v) is 3.26. The summed E-state index contributed by atoms with van der Waals surface area (Å²) in [5, 5.41) is 5.67. The van der Waals surface area contributed by atoms with Crippen molar-refractivity contribution in [3.8, 4) is 0 Å². The molecule has 154 valence electrons. The van der Waals surface area contributed by atoms with Crippen LogP contribution in [0.25, 0.3) is 0 Å². The number of hydrogen-bond acceptors (Lipinski definition) is 2. The minimum atomic E-state index is -0.458. The summed E-state index contributed by atoms with van der Waals surface area (Å²) in [6, 6.07) is 19.0. The van der Waals surface area contributed by atoms with Gasteiger partial charge in [0.1, 0.15) is 5.82 Å². The summed E-state index contributed by atoms with van der Waals surface area (Å²) in [5.74, 6) is -0.867. The van der Waals surface area contributed by atoms with Crippen LogP contribution in [0.1, 0.15) is 39.0 Å². The van der Waals surface area contributed by atoms with Gasteiger partial charge in [0, 0.05) is 24.2 Å². The van der Waals surface area contributed by atoms with Crippen molar-refractivity contribution < 1.29 is 14.0 Å². The molecule has 0 heterocycles. The Labute approximate surface area is 176 Å². The van der Waals surface area contributed by atoms with Crippen molar-refractivity contribution >= 4 is 17.5 Å². The maximum Gasteiger partial charge on any atom is 0.255 e. The zero-order valence-electron chi connectivity index (χ0n) is 17.2. The van der Waals surface area contributed by atoms with Crippen LogP contribution in [0.5, 0.6) is 0 Å². The molecule has 2 N–H and O–H groups in total. The molecule has 0 bridgehead atoms. The van der Waals surface area contributed by atoms with Crippen molar-refractivity contribution in [1.82, 2.24) is 5.32 Å². The molecule has 0 fully saturated rings. The van der Waals surface area contributed by atoms with E-state index in [-0.39, 0.29) is 17.4 Å². The highest BCUT2D eigenvalue weighted by Crippen LogP contribution is 2.14. The van der Waals surface area contributed by atoms with Crippen LogP contribution in [0.3, 0.4) is 0 Å². The number of carbonyl (C=O) groups is 2. The summed E-state index contributed by atoms with van der Waals surface area (Å²) in [5.41, 5.74) is 5.30. The van der Waals surface area contributed by atoms with Crippen molar-refractivity contribution in [3.63, 3.8) is 0 Å². The Morgan fingerprint density at radius 1 is 0.933 bits per heavy atom. The summed E-state index contributed by atoms with van der Waals surface area (Å²) in [6.07, 6.45) is 1.11. The summed E-state index contributed by atoms with van der Waals surface area (Å²) in [7, 11) is 0. The first-order valence-corrected chi connectivity index (χ1v) is 9.89. The Bertz CT molecular complexity index is 1060. The first-order valence-electron chi connectivity index (χ1n) is 9.89. The zero-order valence-corrected chi connectivity index (χ0v) is 17.2. The Morgan fingerprint density at radius 3 is 2.50 bits per heavy atom. The number of nitrogens with one attached hydrogen (secondary N) is 2. The van der Waals surface area contributed by atoms with Crippen molar-refractivity contribution in [2.24, 2.45) is 0 Å². The lowest BCUT2D eigenvalue weighted by atomic mass is 10.0. The van der Waals surface area contributed by atoms with E-state index in [0.717, 1.165) is 5.56 Å². The molecule has 0 unspecified atom stereocenters. The number of amides is 2. The first kappa shape index (κ1) is 21.2. The van der Waals surface area contributed by atoms with Crippen LogP contribution in [0.4, 0.5) is 10.1 Å². The van der Waals surface area contributed by atoms with E-state index in [1.807, 2.05) is 6.07 Å². The van der Waals surface area contributed by atoms with E-state index < -0.39 is 5.82 Å². The van der Waals surface area contributed by atoms with Crippen LogP contribution >= 0.6 is 0 Å². The van der Waals surface area contributed by atoms with Gasteiger partial charge in [-0.3, -0.25) is 9.59 Å². The second-order valence-electron chi connectivity index (χ2n) is 7.37. The molecule has 0 radical (unpaired) electrons. The molecule has 3 rings (SSSR count). The average molecular weight is 404 g/mol. The monoisotopic (exact) mass is 404 g/mol. The van der Waals surface area contributed by atoms with Gasteiger partial charge in [-0.15, -0.1) is 0 Å². The molecule has 0 saturated carbocycles. The van der Waals surface area contributed by atoms with Gasteiger partial charge in [0.25, 0.3) is 5.91 Å². The third-order valence-corrected chi connectivity index (χ3v) is 4.88. The third-order valence-electron chi connectivity index (χ3n) is 4.88. The predicted octanol–water partition coefficient (Wildman–Crippen LogP) is 4.94. The second kappa shape index (κ2) is 9.83. The van der Waals surface area contributed by atoms with Crippen LogP contribution in [0.2, 0.25) is 0 Å². The van der Waals surface area contributed by atoms with Crippen molar-refractivity contribution in [2.75, 3.05) is 5.32 Å². The predicted molar refractivity (Wildman–Crippen MR) is 117 cm³/mol. The lowest BCUT2D eigenvalue weighted by molar-refractivity contribution is -0.121. The molecule has 0 aliphatic carbocycles. The second-order valence-corrected chi connectivity index (χ2v) is 7.37. The number of hydrogen-bond donors (Lipinski definition) is 2. The molecule has 0 atom stereocenters. The summed E-state index contributed by atoms with van der Waals surface area (Å²) in [4.78, 5) is 24.5. The number of rotatable bonds is 7. The molecular formula is C25H25FN2O2. The molecule has 30 heavy (non-hydrogen) atoms. The minimum Gasteiger partial charge on any atom is -0.352 e. The molecule has 3 aromatic rings. The molecule has 2 amide bonds. The van der Waals surface area contributed by atoms with Crippen LogP contribution in [0, 0.1) is 19.7 Å². The summed E-state index contributed by atoms with van der Waals surface area (Å²) < 4.78 is 13.3. The number of aryl methyl sites for hydroxylation is 3. The summed E-state index contributed by atoms with van der Waals surface area (Å²) >= 11 is 0. The minimum absolute atomic E-state index is 0.0239. The Morgan fingerprint density at radius 2 is 1.73 bits per heavy atom.